The van der Waals surface area contributed by atoms with Gasteiger partial charge in [0.2, 0.25) is 0 Å². The molecule has 0 aliphatic heterocycles. The quantitative estimate of drug-likeness (QED) is 0.0505. The van der Waals surface area contributed by atoms with Crippen LogP contribution in [0, 0.1) is 20.8 Å². The van der Waals surface area contributed by atoms with Crippen LogP contribution in [-0.2, 0) is 9.47 Å². The normalized spacial score (nSPS) is 12.9. The Morgan fingerprint density at radius 3 is 1.33 bits per heavy atom. The van der Waals surface area contributed by atoms with Crippen LogP contribution in [0.5, 0.6) is 0 Å². The summed E-state index contributed by atoms with van der Waals surface area (Å²) in [5.41, 5.74) is 4.23. The van der Waals surface area contributed by atoms with Gasteiger partial charge in [0.05, 0.1) is 0 Å². The van der Waals surface area contributed by atoms with E-state index in [9.17, 15) is 0 Å². The molecule has 232 valence electrons. The van der Waals surface area contributed by atoms with Crippen molar-refractivity contribution in [1.29, 1.82) is 0 Å². The summed E-state index contributed by atoms with van der Waals surface area (Å²) in [6.45, 7) is 13.0. The Labute approximate surface area is 270 Å². The fourth-order valence-corrected chi connectivity index (χ4v) is 18.2. The first-order chi connectivity index (χ1) is 20.4. The molecule has 42 heavy (non-hydrogen) atoms. The summed E-state index contributed by atoms with van der Waals surface area (Å²) in [6, 6.07) is 27.6. The van der Waals surface area contributed by atoms with Crippen molar-refractivity contribution in [3.8, 4) is 0 Å². The Balaban J connectivity index is 1.72. The van der Waals surface area contributed by atoms with Gasteiger partial charge in [0.1, 0.15) is 0 Å². The van der Waals surface area contributed by atoms with E-state index in [0.717, 1.165) is 32.5 Å². The van der Waals surface area contributed by atoms with Crippen LogP contribution in [0.4, 0.5) is 0 Å². The zero-order chi connectivity index (χ0) is 30.3. The molecule has 0 spiro atoms. The standard InChI is InChI=1S/C38H56IO2P/c1-6-8-29-40-38(41-30-9-7-2)28-14-12-10-11-13-21-31-42(39,35-25-18-15-22-32(35)3,36-26-19-16-23-33(36)4)37-27-20-17-24-34(37)5/h15-20,22-27,38H,6-14,21,28-31H2,1-5H3. The van der Waals surface area contributed by atoms with E-state index in [-0.39, 0.29) is 6.29 Å². The van der Waals surface area contributed by atoms with Crippen LogP contribution in [-0.4, -0.2) is 25.7 Å². The van der Waals surface area contributed by atoms with Crippen molar-refractivity contribution in [2.75, 3.05) is 19.4 Å². The number of benzene rings is 3. The van der Waals surface area contributed by atoms with E-state index >= 15 is 0 Å². The van der Waals surface area contributed by atoms with Crippen molar-refractivity contribution in [3.05, 3.63) is 89.5 Å². The predicted molar refractivity (Wildman–Crippen MR) is 196 cm³/mol. The molecule has 0 aliphatic carbocycles. The van der Waals surface area contributed by atoms with Crippen LogP contribution in [0.3, 0.4) is 0 Å². The molecular formula is C38H56IO2P. The van der Waals surface area contributed by atoms with Gasteiger partial charge in [-0.15, -0.1) is 0 Å². The fourth-order valence-electron chi connectivity index (χ4n) is 6.37. The van der Waals surface area contributed by atoms with E-state index in [4.69, 9.17) is 9.47 Å². The minimum atomic E-state index is -2.77. The number of unbranched alkanes of at least 4 members (excludes halogenated alkanes) is 7. The zero-order valence-corrected chi connectivity index (χ0v) is 30.1. The molecule has 0 fully saturated rings. The first kappa shape index (κ1) is 35.2. The number of aryl methyl sites for hydroxylation is 3. The molecule has 0 heterocycles. The van der Waals surface area contributed by atoms with Gasteiger partial charge in [0, 0.05) is 0 Å². The summed E-state index contributed by atoms with van der Waals surface area (Å²) in [6.07, 6.45) is 14.3. The SMILES string of the molecule is CCCCOC(CCCCCCCCP(I)(c1ccccc1C)(c1ccccc1C)c1ccccc1C)OCCCC. The molecular weight excluding hydrogens is 646 g/mol. The van der Waals surface area contributed by atoms with Gasteiger partial charge in [0.25, 0.3) is 0 Å². The van der Waals surface area contributed by atoms with Crippen LogP contribution >= 0.6 is 26.3 Å². The molecule has 0 aliphatic rings. The minimum absolute atomic E-state index is 0.0226. The molecule has 0 N–H and O–H groups in total. The topological polar surface area (TPSA) is 18.5 Å². The molecule has 4 heteroatoms. The van der Waals surface area contributed by atoms with Crippen LogP contribution < -0.4 is 15.9 Å². The van der Waals surface area contributed by atoms with Gasteiger partial charge in [-0.1, -0.05) is 26.7 Å². The average Bonchev–Trinajstić information content (AvgIpc) is 2.99. The second-order valence-electron chi connectivity index (χ2n) is 12.1. The summed E-state index contributed by atoms with van der Waals surface area (Å²) in [5, 5.41) is 4.64. The number of halogens is 1. The Bertz CT molecular complexity index is 1090. The third-order valence-electron chi connectivity index (χ3n) is 8.72. The van der Waals surface area contributed by atoms with Gasteiger partial charge >= 0.3 is 245 Å². The Morgan fingerprint density at radius 1 is 0.548 bits per heavy atom. The summed E-state index contributed by atoms with van der Waals surface area (Å²) in [7, 11) is 0. The maximum atomic E-state index is 6.06. The van der Waals surface area contributed by atoms with Gasteiger partial charge < -0.3 is 0 Å². The molecule has 0 bridgehead atoms. The second-order valence-corrected chi connectivity index (χ2v) is 22.7. The fraction of sp³-hybridized carbons (Fsp3) is 0.526. The van der Waals surface area contributed by atoms with Gasteiger partial charge in [-0.05, 0) is 0 Å². The molecule has 0 radical (unpaired) electrons. The molecule has 3 rings (SSSR count). The van der Waals surface area contributed by atoms with Crippen LogP contribution in [0.25, 0.3) is 0 Å². The molecule has 0 saturated carbocycles. The Morgan fingerprint density at radius 2 is 0.929 bits per heavy atom. The molecule has 0 atom stereocenters. The van der Waals surface area contributed by atoms with E-state index in [1.54, 1.807) is 15.9 Å². The minimum Gasteiger partial charge on any atom is -0.0653 e. The molecule has 0 amide bonds. The number of ether oxygens (including phenoxy) is 2. The van der Waals surface area contributed by atoms with E-state index in [0.29, 0.717) is 0 Å². The molecule has 3 aromatic rings. The van der Waals surface area contributed by atoms with Crippen molar-refractivity contribution in [2.24, 2.45) is 0 Å². The van der Waals surface area contributed by atoms with Crippen molar-refractivity contribution >= 4 is 42.2 Å². The molecule has 2 nitrogen and oxygen atoms in total. The van der Waals surface area contributed by atoms with E-state index in [1.807, 2.05) is 0 Å². The van der Waals surface area contributed by atoms with Crippen LogP contribution in [0.1, 0.15) is 101 Å². The number of hydrogen-bond acceptors (Lipinski definition) is 2. The number of rotatable bonds is 20. The van der Waals surface area contributed by atoms with Crippen molar-refractivity contribution in [3.63, 3.8) is 0 Å². The van der Waals surface area contributed by atoms with Gasteiger partial charge in [-0.2, -0.15) is 0 Å². The molecule has 0 unspecified atom stereocenters. The number of hydrogen-bond donors (Lipinski definition) is 0. The third kappa shape index (κ3) is 8.90. The van der Waals surface area contributed by atoms with Gasteiger partial charge in [-0.25, -0.2) is 0 Å². The summed E-state index contributed by atoms with van der Waals surface area (Å²) >= 11 is 2.99. The van der Waals surface area contributed by atoms with E-state index in [1.165, 1.54) is 74.2 Å². The second kappa shape index (κ2) is 17.9. The predicted octanol–water partition coefficient (Wildman–Crippen LogP) is 10.5. The first-order valence-electron chi connectivity index (χ1n) is 16.5. The van der Waals surface area contributed by atoms with Gasteiger partial charge in [-0.3, -0.25) is 0 Å². The third-order valence-corrected chi connectivity index (χ3v) is 20.5. The summed E-state index contributed by atoms with van der Waals surface area (Å²) in [5.74, 6) is 0. The summed E-state index contributed by atoms with van der Waals surface area (Å²) < 4.78 is 9.35. The first-order valence-corrected chi connectivity index (χ1v) is 21.7. The van der Waals surface area contributed by atoms with Crippen molar-refractivity contribution < 1.29 is 9.47 Å². The average molecular weight is 703 g/mol. The molecule has 0 aromatic heterocycles. The maximum absolute atomic E-state index is 6.06. The molecule has 3 aromatic carbocycles. The van der Waals surface area contributed by atoms with Crippen LogP contribution in [0.15, 0.2) is 72.8 Å². The van der Waals surface area contributed by atoms with E-state index in [2.05, 4.69) is 129 Å². The molecule has 0 saturated heterocycles. The zero-order valence-electron chi connectivity index (χ0n) is 27.0. The smallest absolute Gasteiger partial charge is 0.0653 e. The Hall–Kier alpha value is -1.26. The Kier molecular flexibility index (Phi) is 15.0. The van der Waals surface area contributed by atoms with Crippen LogP contribution in [0.2, 0.25) is 0 Å². The van der Waals surface area contributed by atoms with Crippen molar-refractivity contribution in [1.82, 2.24) is 0 Å². The monoisotopic (exact) mass is 702 g/mol. The summed E-state index contributed by atoms with van der Waals surface area (Å²) in [4.78, 5) is 0. The van der Waals surface area contributed by atoms with E-state index < -0.39 is 4.25 Å². The van der Waals surface area contributed by atoms with Gasteiger partial charge in [0.15, 0.2) is 0 Å². The van der Waals surface area contributed by atoms with Crippen molar-refractivity contribution in [2.45, 2.75) is 112 Å².